The number of rotatable bonds is 7. The van der Waals surface area contributed by atoms with Gasteiger partial charge in [-0.1, -0.05) is 6.92 Å². The fraction of sp³-hybridized carbons (Fsp3) is 0.615. The summed E-state index contributed by atoms with van der Waals surface area (Å²) in [6, 6.07) is 3.89. The van der Waals surface area contributed by atoms with Gasteiger partial charge in [0.05, 0.1) is 6.61 Å². The van der Waals surface area contributed by atoms with Gasteiger partial charge in [0, 0.05) is 24.2 Å². The predicted molar refractivity (Wildman–Crippen MR) is 69.8 cm³/mol. The number of hydrogen-bond acceptors (Lipinski definition) is 3. The summed E-state index contributed by atoms with van der Waals surface area (Å²) in [6.07, 6.45) is 0.874. The third-order valence-electron chi connectivity index (χ3n) is 2.31. The van der Waals surface area contributed by atoms with Gasteiger partial charge >= 0.3 is 0 Å². The van der Waals surface area contributed by atoms with Crippen LogP contribution in [0.4, 0.5) is 0 Å². The van der Waals surface area contributed by atoms with E-state index >= 15 is 0 Å². The highest BCUT2D eigenvalue weighted by atomic mass is 35.5. The predicted octanol–water partition coefficient (Wildman–Crippen LogP) is 3.19. The molecule has 1 aromatic heterocycles. The lowest BCUT2D eigenvalue weighted by Crippen LogP contribution is -2.19. The van der Waals surface area contributed by atoms with Crippen LogP contribution in [0.5, 0.6) is 5.88 Å². The van der Waals surface area contributed by atoms with Crippen LogP contribution >= 0.6 is 11.6 Å². The summed E-state index contributed by atoms with van der Waals surface area (Å²) in [5.74, 6) is 1.11. The van der Waals surface area contributed by atoms with E-state index in [2.05, 4.69) is 11.9 Å². The molecule has 0 aliphatic carbocycles. The van der Waals surface area contributed by atoms with Gasteiger partial charge in [0.2, 0.25) is 5.88 Å². The summed E-state index contributed by atoms with van der Waals surface area (Å²) in [7, 11) is 0. The molecule has 0 N–H and O–H groups in total. The molecule has 3 nitrogen and oxygen atoms in total. The minimum atomic E-state index is -0.00210. The first-order valence-electron chi connectivity index (χ1n) is 5.99. The van der Waals surface area contributed by atoms with Gasteiger partial charge in [-0.25, -0.2) is 4.98 Å². The van der Waals surface area contributed by atoms with Crippen LogP contribution in [0.25, 0.3) is 0 Å². The van der Waals surface area contributed by atoms with E-state index in [1.54, 1.807) is 0 Å². The molecular formula is C13H20ClNO2. The molecule has 1 unspecified atom stereocenters. The molecule has 1 aromatic rings. The lowest BCUT2D eigenvalue weighted by Gasteiger charge is -2.15. The van der Waals surface area contributed by atoms with Crippen LogP contribution in [0, 0.1) is 0 Å². The second kappa shape index (κ2) is 7.51. The van der Waals surface area contributed by atoms with Crippen LogP contribution in [0.15, 0.2) is 12.1 Å². The largest absolute Gasteiger partial charge is 0.472 e. The third-order valence-corrected chi connectivity index (χ3v) is 2.62. The Morgan fingerprint density at radius 3 is 2.71 bits per heavy atom. The summed E-state index contributed by atoms with van der Waals surface area (Å²) in [5.41, 5.74) is 2.04. The SMILES string of the molecule is CCOCC(C)Oc1cc(CCl)cc(CC)n1. The smallest absolute Gasteiger partial charge is 0.214 e. The Balaban J connectivity index is 2.68. The zero-order valence-electron chi connectivity index (χ0n) is 10.7. The van der Waals surface area contributed by atoms with E-state index in [1.165, 1.54) is 0 Å². The van der Waals surface area contributed by atoms with Gasteiger partial charge in [-0.05, 0) is 31.9 Å². The van der Waals surface area contributed by atoms with E-state index < -0.39 is 0 Å². The summed E-state index contributed by atoms with van der Waals surface area (Å²) in [4.78, 5) is 4.41. The average Bonchev–Trinajstić information content (AvgIpc) is 2.35. The zero-order valence-corrected chi connectivity index (χ0v) is 11.5. The summed E-state index contributed by atoms with van der Waals surface area (Å²) < 4.78 is 11.0. The zero-order chi connectivity index (χ0) is 12.7. The normalized spacial score (nSPS) is 12.5. The van der Waals surface area contributed by atoms with Crippen LogP contribution in [-0.4, -0.2) is 24.3 Å². The first kappa shape index (κ1) is 14.3. The van der Waals surface area contributed by atoms with Crippen molar-refractivity contribution in [2.75, 3.05) is 13.2 Å². The molecule has 4 heteroatoms. The molecule has 0 amide bonds. The molecule has 0 radical (unpaired) electrons. The second-order valence-corrected chi connectivity index (χ2v) is 4.15. The molecule has 0 fully saturated rings. The molecule has 0 aromatic carbocycles. The number of alkyl halides is 1. The first-order valence-corrected chi connectivity index (χ1v) is 6.53. The van der Waals surface area contributed by atoms with Gasteiger partial charge in [-0.15, -0.1) is 11.6 Å². The fourth-order valence-corrected chi connectivity index (χ4v) is 1.62. The summed E-state index contributed by atoms with van der Waals surface area (Å²) >= 11 is 5.84. The number of nitrogens with zero attached hydrogens (tertiary/aromatic N) is 1. The van der Waals surface area contributed by atoms with E-state index in [1.807, 2.05) is 26.0 Å². The van der Waals surface area contributed by atoms with Crippen LogP contribution in [-0.2, 0) is 17.0 Å². The van der Waals surface area contributed by atoms with Crippen LogP contribution in [0.2, 0.25) is 0 Å². The van der Waals surface area contributed by atoms with Crippen molar-refractivity contribution in [3.63, 3.8) is 0 Å². The Morgan fingerprint density at radius 1 is 1.35 bits per heavy atom. The highest BCUT2D eigenvalue weighted by molar-refractivity contribution is 6.17. The van der Waals surface area contributed by atoms with Crippen LogP contribution in [0.3, 0.4) is 0 Å². The molecule has 1 rings (SSSR count). The number of aromatic nitrogens is 1. The quantitative estimate of drug-likeness (QED) is 0.703. The highest BCUT2D eigenvalue weighted by Gasteiger charge is 2.07. The van der Waals surface area contributed by atoms with E-state index in [9.17, 15) is 0 Å². The summed E-state index contributed by atoms with van der Waals surface area (Å²) in [5, 5.41) is 0. The average molecular weight is 258 g/mol. The molecule has 0 bridgehead atoms. The number of halogens is 1. The van der Waals surface area contributed by atoms with Gasteiger partial charge in [-0.3, -0.25) is 0 Å². The lowest BCUT2D eigenvalue weighted by atomic mass is 10.2. The van der Waals surface area contributed by atoms with E-state index in [0.717, 1.165) is 17.7 Å². The van der Waals surface area contributed by atoms with Crippen molar-refractivity contribution in [3.8, 4) is 5.88 Å². The molecule has 0 spiro atoms. The van der Waals surface area contributed by atoms with E-state index in [-0.39, 0.29) is 6.10 Å². The maximum Gasteiger partial charge on any atom is 0.214 e. The van der Waals surface area contributed by atoms with Gasteiger partial charge in [0.1, 0.15) is 6.10 Å². The fourth-order valence-electron chi connectivity index (χ4n) is 1.46. The van der Waals surface area contributed by atoms with Crippen molar-refractivity contribution in [2.45, 2.75) is 39.2 Å². The molecule has 0 saturated heterocycles. The number of aryl methyl sites for hydroxylation is 1. The topological polar surface area (TPSA) is 31.4 Å². The number of hydrogen-bond donors (Lipinski definition) is 0. The Bertz CT molecular complexity index is 322. The van der Waals surface area contributed by atoms with Crippen molar-refractivity contribution in [1.29, 1.82) is 0 Å². The van der Waals surface area contributed by atoms with Crippen molar-refractivity contribution >= 4 is 11.6 Å². The minimum absolute atomic E-state index is 0.00210. The summed E-state index contributed by atoms with van der Waals surface area (Å²) in [6.45, 7) is 7.27. The van der Waals surface area contributed by atoms with E-state index in [4.69, 9.17) is 21.1 Å². The Morgan fingerprint density at radius 2 is 2.12 bits per heavy atom. The van der Waals surface area contributed by atoms with Gasteiger partial charge in [0.15, 0.2) is 0 Å². The third kappa shape index (κ3) is 4.92. The monoisotopic (exact) mass is 257 g/mol. The Hall–Kier alpha value is -0.800. The molecule has 1 heterocycles. The van der Waals surface area contributed by atoms with Crippen molar-refractivity contribution < 1.29 is 9.47 Å². The van der Waals surface area contributed by atoms with E-state index in [0.29, 0.717) is 25.0 Å². The first-order chi connectivity index (χ1) is 8.19. The number of ether oxygens (including phenoxy) is 2. The Kier molecular flexibility index (Phi) is 6.30. The van der Waals surface area contributed by atoms with Gasteiger partial charge in [-0.2, -0.15) is 0 Å². The Labute approximate surface area is 108 Å². The van der Waals surface area contributed by atoms with Gasteiger partial charge < -0.3 is 9.47 Å². The van der Waals surface area contributed by atoms with Gasteiger partial charge in [0.25, 0.3) is 0 Å². The molecule has 1 atom stereocenters. The second-order valence-electron chi connectivity index (χ2n) is 3.88. The molecule has 96 valence electrons. The highest BCUT2D eigenvalue weighted by Crippen LogP contribution is 2.16. The number of pyridine rings is 1. The lowest BCUT2D eigenvalue weighted by molar-refractivity contribution is 0.0632. The standard InChI is InChI=1S/C13H20ClNO2/c1-4-12-6-11(8-14)7-13(15-12)17-10(3)9-16-5-2/h6-7,10H,4-5,8-9H2,1-3H3. The van der Waals surface area contributed by atoms with Crippen molar-refractivity contribution in [3.05, 3.63) is 23.4 Å². The molecule has 0 aliphatic heterocycles. The molecule has 17 heavy (non-hydrogen) atoms. The van der Waals surface area contributed by atoms with Crippen LogP contribution < -0.4 is 4.74 Å². The maximum atomic E-state index is 5.84. The molecule has 0 saturated carbocycles. The molecule has 0 aliphatic rings. The van der Waals surface area contributed by atoms with Crippen LogP contribution in [0.1, 0.15) is 32.0 Å². The van der Waals surface area contributed by atoms with Crippen molar-refractivity contribution in [1.82, 2.24) is 4.98 Å². The van der Waals surface area contributed by atoms with Crippen molar-refractivity contribution in [2.24, 2.45) is 0 Å². The molecular weight excluding hydrogens is 238 g/mol. The minimum Gasteiger partial charge on any atom is -0.472 e. The maximum absolute atomic E-state index is 5.84.